The zero-order chi connectivity index (χ0) is 6.73. The molecule has 0 fully saturated rings. The number of nitrogens with two attached hydrogens (primary N) is 1. The summed E-state index contributed by atoms with van der Waals surface area (Å²) in [5.74, 6) is 0. The van der Waals surface area contributed by atoms with Crippen molar-refractivity contribution in [3.8, 4) is 0 Å². The van der Waals surface area contributed by atoms with Crippen LogP contribution in [0, 0.1) is 0 Å². The van der Waals surface area contributed by atoms with E-state index in [4.69, 9.17) is 17.3 Å². The normalized spacial score (nSPS) is 22.1. The van der Waals surface area contributed by atoms with Crippen LogP contribution in [0.5, 0.6) is 0 Å². The molecule has 0 aromatic heterocycles. The molecule has 0 bridgehead atoms. The van der Waals surface area contributed by atoms with Gasteiger partial charge in [-0.3, -0.25) is 0 Å². The summed E-state index contributed by atoms with van der Waals surface area (Å²) in [6.45, 7) is 1.96. The molecule has 0 rings (SSSR count). The standard InChI is InChI=1S/C4H8ClI2N/c1-2(5)3(6)4(7)8/h2-4H,8H2,1H3/t2-,3-,4?/m0/s1. The van der Waals surface area contributed by atoms with Crippen LogP contribution in [0.15, 0.2) is 0 Å². The molecule has 0 aliphatic rings. The lowest BCUT2D eigenvalue weighted by Crippen LogP contribution is -2.29. The maximum Gasteiger partial charge on any atom is 0.0702 e. The fraction of sp³-hybridized carbons (Fsp3) is 1.00. The molecule has 0 amide bonds. The molecule has 8 heavy (non-hydrogen) atoms. The summed E-state index contributed by atoms with van der Waals surface area (Å²) < 4.78 is 0.538. The Labute approximate surface area is 82.0 Å². The van der Waals surface area contributed by atoms with E-state index in [0.717, 1.165) is 0 Å². The van der Waals surface area contributed by atoms with Gasteiger partial charge in [0, 0.05) is 5.38 Å². The highest BCUT2D eigenvalue weighted by molar-refractivity contribution is 14.1. The lowest BCUT2D eigenvalue weighted by Gasteiger charge is -2.13. The van der Waals surface area contributed by atoms with Crippen molar-refractivity contribution in [2.75, 3.05) is 0 Å². The number of hydrogen-bond acceptors (Lipinski definition) is 1. The predicted octanol–water partition coefficient (Wildman–Crippen LogP) is 2.14. The van der Waals surface area contributed by atoms with Crippen LogP contribution in [0.25, 0.3) is 0 Å². The largest absolute Gasteiger partial charge is 0.319 e. The monoisotopic (exact) mass is 359 g/mol. The van der Waals surface area contributed by atoms with Crippen LogP contribution in [0.1, 0.15) is 6.92 Å². The third-order valence-electron chi connectivity index (χ3n) is 0.743. The van der Waals surface area contributed by atoms with Gasteiger partial charge >= 0.3 is 0 Å². The van der Waals surface area contributed by atoms with E-state index in [-0.39, 0.29) is 9.43 Å². The van der Waals surface area contributed by atoms with Crippen molar-refractivity contribution in [2.24, 2.45) is 5.73 Å². The maximum absolute atomic E-state index is 5.73. The summed E-state index contributed by atoms with van der Waals surface area (Å²) in [5, 5.41) is 0.169. The SMILES string of the molecule is C[C@H](Cl)[C@H](I)C(N)I. The molecule has 0 aliphatic heterocycles. The average Bonchev–Trinajstić information content (AvgIpc) is 1.64. The van der Waals surface area contributed by atoms with E-state index in [2.05, 4.69) is 45.2 Å². The maximum atomic E-state index is 5.73. The van der Waals surface area contributed by atoms with Crippen LogP contribution in [-0.2, 0) is 0 Å². The molecule has 3 atom stereocenters. The second-order valence-corrected chi connectivity index (χ2v) is 5.13. The van der Waals surface area contributed by atoms with Gasteiger partial charge < -0.3 is 5.73 Å². The van der Waals surface area contributed by atoms with E-state index in [1.165, 1.54) is 0 Å². The summed E-state index contributed by atoms with van der Waals surface area (Å²) in [6, 6.07) is 0. The van der Waals surface area contributed by atoms with E-state index >= 15 is 0 Å². The highest BCUT2D eigenvalue weighted by Crippen LogP contribution is 2.18. The summed E-state index contributed by atoms with van der Waals surface area (Å²) in [6.07, 6.45) is 0. The van der Waals surface area contributed by atoms with Crippen molar-refractivity contribution in [1.82, 2.24) is 0 Å². The Hall–Kier alpha value is 1.71. The highest BCUT2D eigenvalue weighted by Gasteiger charge is 2.15. The van der Waals surface area contributed by atoms with Gasteiger partial charge in [0.05, 0.1) is 7.97 Å². The molecular formula is C4H8ClI2N. The van der Waals surface area contributed by atoms with Crippen molar-refractivity contribution in [3.05, 3.63) is 0 Å². The van der Waals surface area contributed by atoms with E-state index < -0.39 is 0 Å². The van der Waals surface area contributed by atoms with Crippen LogP contribution in [0.2, 0.25) is 0 Å². The van der Waals surface area contributed by atoms with E-state index in [1.807, 2.05) is 6.92 Å². The number of halogens is 3. The van der Waals surface area contributed by atoms with Gasteiger partial charge in [0.2, 0.25) is 0 Å². The lowest BCUT2D eigenvalue weighted by atomic mass is 10.3. The molecule has 0 spiro atoms. The van der Waals surface area contributed by atoms with Crippen LogP contribution < -0.4 is 5.73 Å². The van der Waals surface area contributed by atoms with Crippen LogP contribution >= 0.6 is 56.8 Å². The fourth-order valence-corrected chi connectivity index (χ4v) is 1.28. The van der Waals surface area contributed by atoms with E-state index in [0.29, 0.717) is 3.92 Å². The van der Waals surface area contributed by atoms with E-state index in [1.54, 1.807) is 0 Å². The van der Waals surface area contributed by atoms with Crippen LogP contribution in [0.4, 0.5) is 0 Å². The third-order valence-corrected chi connectivity index (χ3v) is 5.44. The molecule has 1 unspecified atom stereocenters. The van der Waals surface area contributed by atoms with Crippen molar-refractivity contribution in [1.29, 1.82) is 0 Å². The Morgan fingerprint density at radius 3 is 1.88 bits per heavy atom. The first-order chi connectivity index (χ1) is 3.55. The Morgan fingerprint density at radius 1 is 1.50 bits per heavy atom. The minimum Gasteiger partial charge on any atom is -0.319 e. The van der Waals surface area contributed by atoms with Gasteiger partial charge in [0.1, 0.15) is 0 Å². The van der Waals surface area contributed by atoms with Gasteiger partial charge in [-0.25, -0.2) is 0 Å². The van der Waals surface area contributed by atoms with Crippen molar-refractivity contribution >= 4 is 56.8 Å². The summed E-state index contributed by atoms with van der Waals surface area (Å²) >= 11 is 10.2. The van der Waals surface area contributed by atoms with Gasteiger partial charge in [-0.05, 0) is 6.92 Å². The Bertz CT molecular complexity index is 59.1. The molecule has 50 valence electrons. The molecule has 1 nitrogen and oxygen atoms in total. The van der Waals surface area contributed by atoms with Crippen molar-refractivity contribution in [2.45, 2.75) is 20.3 Å². The third kappa shape index (κ3) is 3.68. The first kappa shape index (κ1) is 9.71. The molecule has 0 heterocycles. The minimum absolute atomic E-state index is 0.167. The first-order valence-electron chi connectivity index (χ1n) is 2.23. The highest BCUT2D eigenvalue weighted by atomic mass is 127. The van der Waals surface area contributed by atoms with Crippen LogP contribution in [-0.4, -0.2) is 13.4 Å². The van der Waals surface area contributed by atoms with Crippen LogP contribution in [0.3, 0.4) is 0 Å². The molecule has 0 aliphatic carbocycles. The van der Waals surface area contributed by atoms with Gasteiger partial charge in [-0.2, -0.15) is 0 Å². The quantitative estimate of drug-likeness (QED) is 0.456. The molecule has 0 aromatic rings. The second kappa shape index (κ2) is 4.51. The molecular weight excluding hydrogens is 351 g/mol. The number of rotatable bonds is 2. The predicted molar refractivity (Wildman–Crippen MR) is 55.1 cm³/mol. The summed E-state index contributed by atoms with van der Waals surface area (Å²) in [5.41, 5.74) is 5.53. The fourth-order valence-electron chi connectivity index (χ4n) is 0.253. The zero-order valence-electron chi connectivity index (χ0n) is 4.44. The van der Waals surface area contributed by atoms with Crippen molar-refractivity contribution < 1.29 is 0 Å². The van der Waals surface area contributed by atoms with Gasteiger partial charge in [0.15, 0.2) is 0 Å². The average molecular weight is 359 g/mol. The topological polar surface area (TPSA) is 26.0 Å². The molecule has 2 N–H and O–H groups in total. The van der Waals surface area contributed by atoms with Crippen molar-refractivity contribution in [3.63, 3.8) is 0 Å². The molecule has 0 saturated heterocycles. The number of hydrogen-bond donors (Lipinski definition) is 1. The zero-order valence-corrected chi connectivity index (χ0v) is 9.51. The Kier molecular flexibility index (Phi) is 5.48. The second-order valence-electron chi connectivity index (χ2n) is 1.57. The Balaban J connectivity index is 3.46. The van der Waals surface area contributed by atoms with E-state index in [9.17, 15) is 0 Å². The number of alkyl halides is 3. The minimum atomic E-state index is 0.167. The molecule has 0 aromatic carbocycles. The lowest BCUT2D eigenvalue weighted by molar-refractivity contribution is 0.841. The summed E-state index contributed by atoms with van der Waals surface area (Å²) in [7, 11) is 0. The molecule has 4 heteroatoms. The van der Waals surface area contributed by atoms with Gasteiger partial charge in [-0.15, -0.1) is 11.6 Å². The molecule has 0 radical (unpaired) electrons. The molecule has 0 saturated carbocycles. The van der Waals surface area contributed by atoms with Gasteiger partial charge in [-0.1, -0.05) is 45.2 Å². The summed E-state index contributed by atoms with van der Waals surface area (Å²) in [4.78, 5) is 0. The van der Waals surface area contributed by atoms with Gasteiger partial charge in [0.25, 0.3) is 0 Å². The smallest absolute Gasteiger partial charge is 0.0702 e. The Morgan fingerprint density at radius 2 is 1.88 bits per heavy atom. The first-order valence-corrected chi connectivity index (χ1v) is 5.16.